The quantitative estimate of drug-likeness (QED) is 0.793. The molecule has 1 heterocycles. The average Bonchev–Trinajstić information content (AvgIpc) is 2.33. The van der Waals surface area contributed by atoms with Crippen LogP contribution in [-0.4, -0.2) is 16.0 Å². The topological polar surface area (TPSA) is 62.2 Å². The first-order valence-electron chi connectivity index (χ1n) is 4.98. The van der Waals surface area contributed by atoms with Crippen LogP contribution in [0.2, 0.25) is 5.02 Å². The molecule has 4 nitrogen and oxygen atoms in total. The second-order valence-corrected chi connectivity index (χ2v) is 5.05. The molecule has 1 aromatic carbocycles. The Labute approximate surface area is 122 Å². The van der Waals surface area contributed by atoms with Gasteiger partial charge >= 0.3 is 0 Å². The minimum absolute atomic E-state index is 0.0109. The number of pyridine rings is 1. The maximum Gasteiger partial charge on any atom is 0.278 e. The predicted octanol–water partition coefficient (Wildman–Crippen LogP) is 3.30. The van der Waals surface area contributed by atoms with Crippen molar-refractivity contribution in [3.8, 4) is 5.75 Å². The molecule has 0 radical (unpaired) electrons. The van der Waals surface area contributed by atoms with Gasteiger partial charge in [-0.25, -0.2) is 4.98 Å². The summed E-state index contributed by atoms with van der Waals surface area (Å²) in [6.45, 7) is 0. The van der Waals surface area contributed by atoms with E-state index < -0.39 is 5.91 Å². The van der Waals surface area contributed by atoms with Gasteiger partial charge in [0.2, 0.25) is 0 Å². The van der Waals surface area contributed by atoms with Crippen LogP contribution in [0.3, 0.4) is 0 Å². The largest absolute Gasteiger partial charge is 0.505 e. The van der Waals surface area contributed by atoms with Crippen LogP contribution in [0.4, 0.5) is 5.69 Å². The molecule has 0 spiro atoms. The maximum atomic E-state index is 11.9. The molecule has 18 heavy (non-hydrogen) atoms. The number of nitrogens with one attached hydrogen (secondary N) is 1. The van der Waals surface area contributed by atoms with Crippen LogP contribution < -0.4 is 5.32 Å². The fraction of sp³-hybridized carbons (Fsp3) is 0. The maximum absolute atomic E-state index is 11.9. The highest BCUT2D eigenvalue weighted by Crippen LogP contribution is 2.23. The Hall–Kier alpha value is -1.34. The summed E-state index contributed by atoms with van der Waals surface area (Å²) in [7, 11) is 0. The Balaban J connectivity index is 2.24. The summed E-state index contributed by atoms with van der Waals surface area (Å²) in [5.41, 5.74) is 0.610. The van der Waals surface area contributed by atoms with Gasteiger partial charge in [-0.3, -0.25) is 4.79 Å². The summed E-state index contributed by atoms with van der Waals surface area (Å²) in [5, 5.41) is 12.8. The highest BCUT2D eigenvalue weighted by atomic mass is 127. The molecular formula is C12H8ClIN2O2. The average molecular weight is 375 g/mol. The Morgan fingerprint density at radius 1 is 1.39 bits per heavy atom. The van der Waals surface area contributed by atoms with Gasteiger partial charge in [0.1, 0.15) is 5.75 Å². The summed E-state index contributed by atoms with van der Waals surface area (Å²) in [4.78, 5) is 15.7. The van der Waals surface area contributed by atoms with E-state index in [0.717, 1.165) is 3.57 Å². The predicted molar refractivity (Wildman–Crippen MR) is 78.0 cm³/mol. The van der Waals surface area contributed by atoms with E-state index >= 15 is 0 Å². The van der Waals surface area contributed by atoms with Gasteiger partial charge in [-0.05, 0) is 52.9 Å². The Kier molecular flexibility index (Phi) is 4.03. The second kappa shape index (κ2) is 5.53. The number of amides is 1. The number of aromatic nitrogens is 1. The summed E-state index contributed by atoms with van der Waals surface area (Å²) in [5.74, 6) is -0.618. The van der Waals surface area contributed by atoms with Gasteiger partial charge in [-0.2, -0.15) is 0 Å². The van der Waals surface area contributed by atoms with Crippen LogP contribution in [0, 0.1) is 3.57 Å². The zero-order valence-corrected chi connectivity index (χ0v) is 11.9. The lowest BCUT2D eigenvalue weighted by Gasteiger charge is -2.08. The lowest BCUT2D eigenvalue weighted by Crippen LogP contribution is -2.14. The van der Waals surface area contributed by atoms with E-state index in [1.807, 2.05) is 0 Å². The van der Waals surface area contributed by atoms with E-state index in [-0.39, 0.29) is 11.4 Å². The molecule has 0 aliphatic rings. The number of benzene rings is 1. The number of halogens is 2. The lowest BCUT2D eigenvalue weighted by molar-refractivity contribution is 0.101. The molecule has 6 heteroatoms. The highest BCUT2D eigenvalue weighted by Gasteiger charge is 2.13. The molecule has 2 aromatic rings. The molecule has 0 atom stereocenters. The minimum Gasteiger partial charge on any atom is -0.505 e. The monoisotopic (exact) mass is 374 g/mol. The van der Waals surface area contributed by atoms with Crippen LogP contribution in [0.15, 0.2) is 36.5 Å². The smallest absolute Gasteiger partial charge is 0.278 e. The number of rotatable bonds is 2. The molecule has 0 bridgehead atoms. The molecule has 2 rings (SSSR count). The van der Waals surface area contributed by atoms with Gasteiger partial charge in [0.25, 0.3) is 5.91 Å². The molecular weight excluding hydrogens is 367 g/mol. The first-order chi connectivity index (χ1) is 8.58. The van der Waals surface area contributed by atoms with Gasteiger partial charge in [0, 0.05) is 14.8 Å². The number of anilines is 1. The van der Waals surface area contributed by atoms with Crippen molar-refractivity contribution in [3.63, 3.8) is 0 Å². The summed E-state index contributed by atoms with van der Waals surface area (Å²) < 4.78 is 0.809. The zero-order chi connectivity index (χ0) is 13.1. The van der Waals surface area contributed by atoms with E-state index in [4.69, 9.17) is 11.6 Å². The first kappa shape index (κ1) is 13.1. The Morgan fingerprint density at radius 3 is 2.83 bits per heavy atom. The first-order valence-corrected chi connectivity index (χ1v) is 6.44. The fourth-order valence-electron chi connectivity index (χ4n) is 1.34. The fourth-order valence-corrected chi connectivity index (χ4v) is 2.35. The third kappa shape index (κ3) is 2.91. The number of carbonyl (C=O) groups is 1. The Bertz CT molecular complexity index is 604. The minimum atomic E-state index is -0.465. The molecule has 0 aliphatic carbocycles. The van der Waals surface area contributed by atoms with Crippen LogP contribution in [0.5, 0.6) is 5.75 Å². The number of nitrogens with zero attached hydrogens (tertiary/aromatic N) is 1. The van der Waals surface area contributed by atoms with Crippen molar-refractivity contribution in [1.82, 2.24) is 4.98 Å². The number of aromatic hydroxyl groups is 1. The third-order valence-electron chi connectivity index (χ3n) is 2.18. The number of hydrogen-bond donors (Lipinski definition) is 2. The van der Waals surface area contributed by atoms with E-state index in [0.29, 0.717) is 10.7 Å². The van der Waals surface area contributed by atoms with E-state index in [1.54, 1.807) is 24.3 Å². The highest BCUT2D eigenvalue weighted by molar-refractivity contribution is 14.1. The molecule has 1 amide bonds. The van der Waals surface area contributed by atoms with Gasteiger partial charge in [-0.15, -0.1) is 0 Å². The molecule has 0 saturated heterocycles. The summed E-state index contributed by atoms with van der Waals surface area (Å²) >= 11 is 7.89. The van der Waals surface area contributed by atoms with Crippen molar-refractivity contribution >= 4 is 45.8 Å². The van der Waals surface area contributed by atoms with E-state index in [9.17, 15) is 9.90 Å². The standard InChI is InChI=1S/C12H8ClIN2O2/c13-7-3-4-9(8(14)6-7)16-12(18)11-10(17)2-1-5-15-11/h1-6,17H,(H,16,18). The molecule has 1 aromatic heterocycles. The van der Waals surface area contributed by atoms with Crippen LogP contribution in [-0.2, 0) is 0 Å². The number of carbonyl (C=O) groups excluding carboxylic acids is 1. The molecule has 92 valence electrons. The van der Waals surface area contributed by atoms with Gasteiger partial charge in [0.15, 0.2) is 5.69 Å². The second-order valence-electron chi connectivity index (χ2n) is 3.45. The SMILES string of the molecule is O=C(Nc1ccc(Cl)cc1I)c1ncccc1O. The molecule has 0 unspecified atom stereocenters. The van der Waals surface area contributed by atoms with Crippen molar-refractivity contribution in [3.05, 3.63) is 50.8 Å². The summed E-state index contributed by atoms with van der Waals surface area (Å²) in [6.07, 6.45) is 1.45. The lowest BCUT2D eigenvalue weighted by atomic mass is 10.2. The zero-order valence-electron chi connectivity index (χ0n) is 9.02. The van der Waals surface area contributed by atoms with Crippen molar-refractivity contribution in [2.75, 3.05) is 5.32 Å². The van der Waals surface area contributed by atoms with Gasteiger partial charge in [-0.1, -0.05) is 11.6 Å². The van der Waals surface area contributed by atoms with Crippen LogP contribution in [0.1, 0.15) is 10.5 Å². The molecule has 0 saturated carbocycles. The summed E-state index contributed by atoms with van der Waals surface area (Å²) in [6, 6.07) is 8.07. The van der Waals surface area contributed by atoms with Gasteiger partial charge < -0.3 is 10.4 Å². The third-order valence-corrected chi connectivity index (χ3v) is 3.31. The van der Waals surface area contributed by atoms with Gasteiger partial charge in [0.05, 0.1) is 5.69 Å². The molecule has 0 fully saturated rings. The Morgan fingerprint density at radius 2 is 2.17 bits per heavy atom. The molecule has 0 aliphatic heterocycles. The van der Waals surface area contributed by atoms with Crippen LogP contribution >= 0.6 is 34.2 Å². The van der Waals surface area contributed by atoms with E-state index in [1.165, 1.54) is 12.3 Å². The van der Waals surface area contributed by atoms with Crippen molar-refractivity contribution in [1.29, 1.82) is 0 Å². The van der Waals surface area contributed by atoms with E-state index in [2.05, 4.69) is 32.9 Å². The molecule has 2 N–H and O–H groups in total. The van der Waals surface area contributed by atoms with Crippen molar-refractivity contribution in [2.45, 2.75) is 0 Å². The number of hydrogen-bond acceptors (Lipinski definition) is 3. The van der Waals surface area contributed by atoms with Crippen molar-refractivity contribution in [2.24, 2.45) is 0 Å². The van der Waals surface area contributed by atoms with Crippen LogP contribution in [0.25, 0.3) is 0 Å². The van der Waals surface area contributed by atoms with Crippen molar-refractivity contribution < 1.29 is 9.90 Å². The normalized spacial score (nSPS) is 10.1.